The number of hydrogen-bond acceptors (Lipinski definition) is 3. The van der Waals surface area contributed by atoms with Crippen molar-refractivity contribution in [2.45, 2.75) is 31.4 Å². The highest BCUT2D eigenvalue weighted by Gasteiger charge is 2.44. The van der Waals surface area contributed by atoms with Gasteiger partial charge in [-0.1, -0.05) is 6.07 Å². The van der Waals surface area contributed by atoms with E-state index in [9.17, 15) is 18.0 Å². The fraction of sp³-hybridized carbons (Fsp3) is 0.579. The van der Waals surface area contributed by atoms with Crippen LogP contribution in [0.2, 0.25) is 0 Å². The van der Waals surface area contributed by atoms with Crippen LogP contribution in [0.1, 0.15) is 36.4 Å². The number of carbonyl (C=O) groups is 1. The predicted molar refractivity (Wildman–Crippen MR) is 93.4 cm³/mol. The second-order valence-corrected chi connectivity index (χ2v) is 7.75. The van der Waals surface area contributed by atoms with Crippen molar-refractivity contribution in [1.82, 2.24) is 14.7 Å². The number of piperidine rings is 1. The highest BCUT2D eigenvalue weighted by molar-refractivity contribution is 5.83. The molecule has 27 heavy (non-hydrogen) atoms. The molecule has 0 spiro atoms. The summed E-state index contributed by atoms with van der Waals surface area (Å²) in [5.74, 6) is -0.412. The van der Waals surface area contributed by atoms with Crippen LogP contribution in [0.5, 0.6) is 0 Å². The standard InChI is InChI=1S/C19H22F3N3O2/c1-24-16-9-13(19(20,21)22)2-3-14(16)17(23-24)11-4-6-25(7-5-11)10-12-8-15(12)18(26)27/h2-3,9,11-12,15H,4-8,10H2,1H3,(H,26,27)/t12?,15-/m1/s1. The summed E-state index contributed by atoms with van der Waals surface area (Å²) in [6.07, 6.45) is -1.82. The Morgan fingerprint density at radius 3 is 2.59 bits per heavy atom. The van der Waals surface area contributed by atoms with Crippen LogP contribution in [0.3, 0.4) is 0 Å². The molecule has 2 heterocycles. The van der Waals surface area contributed by atoms with E-state index in [2.05, 4.69) is 10.00 Å². The van der Waals surface area contributed by atoms with Gasteiger partial charge in [-0.25, -0.2) is 0 Å². The molecule has 1 N–H and O–H groups in total. The van der Waals surface area contributed by atoms with Crippen LogP contribution in [0, 0.1) is 11.8 Å². The van der Waals surface area contributed by atoms with Crippen LogP contribution in [0.25, 0.3) is 10.9 Å². The number of fused-ring (bicyclic) bond motifs is 1. The summed E-state index contributed by atoms with van der Waals surface area (Å²) in [6, 6.07) is 3.83. The molecule has 2 aliphatic rings. The Morgan fingerprint density at radius 2 is 2.00 bits per heavy atom. The van der Waals surface area contributed by atoms with Gasteiger partial charge in [0.1, 0.15) is 0 Å². The predicted octanol–water partition coefficient (Wildman–Crippen LogP) is 3.49. The Kier molecular flexibility index (Phi) is 4.41. The van der Waals surface area contributed by atoms with Crippen LogP contribution >= 0.6 is 0 Å². The van der Waals surface area contributed by atoms with E-state index in [-0.39, 0.29) is 17.8 Å². The van der Waals surface area contributed by atoms with Crippen molar-refractivity contribution in [2.75, 3.05) is 19.6 Å². The topological polar surface area (TPSA) is 58.4 Å². The molecular weight excluding hydrogens is 359 g/mol. The summed E-state index contributed by atoms with van der Waals surface area (Å²) in [7, 11) is 1.68. The molecule has 1 aromatic carbocycles. The highest BCUT2D eigenvalue weighted by Crippen LogP contribution is 2.41. The van der Waals surface area contributed by atoms with Crippen molar-refractivity contribution in [3.8, 4) is 0 Å². The van der Waals surface area contributed by atoms with Gasteiger partial charge in [0, 0.05) is 24.9 Å². The van der Waals surface area contributed by atoms with E-state index in [4.69, 9.17) is 5.11 Å². The molecule has 1 saturated carbocycles. The lowest BCUT2D eigenvalue weighted by Gasteiger charge is -2.31. The van der Waals surface area contributed by atoms with Gasteiger partial charge in [-0.2, -0.15) is 18.3 Å². The molecule has 1 aromatic heterocycles. The first-order valence-electron chi connectivity index (χ1n) is 9.23. The third kappa shape index (κ3) is 3.54. The Hall–Kier alpha value is -2.09. The summed E-state index contributed by atoms with van der Waals surface area (Å²) in [6.45, 7) is 2.56. The molecule has 0 radical (unpaired) electrons. The lowest BCUT2D eigenvalue weighted by Crippen LogP contribution is -2.35. The molecule has 0 amide bonds. The normalized spacial score (nSPS) is 24.4. The molecule has 1 aliphatic heterocycles. The van der Waals surface area contributed by atoms with Crippen molar-refractivity contribution in [1.29, 1.82) is 0 Å². The SMILES string of the molecule is Cn1nc(C2CCN(CC3C[C@H]3C(=O)O)CC2)c2ccc(C(F)(F)F)cc21. The molecule has 0 bridgehead atoms. The van der Waals surface area contributed by atoms with E-state index >= 15 is 0 Å². The summed E-state index contributed by atoms with van der Waals surface area (Å²) in [5.41, 5.74) is 0.719. The number of rotatable bonds is 4. The first-order valence-corrected chi connectivity index (χ1v) is 9.23. The summed E-state index contributed by atoms with van der Waals surface area (Å²) >= 11 is 0. The molecule has 2 aromatic rings. The van der Waals surface area contributed by atoms with E-state index < -0.39 is 17.7 Å². The Bertz CT molecular complexity index is 869. The van der Waals surface area contributed by atoms with Crippen LogP contribution in [-0.4, -0.2) is 45.4 Å². The zero-order chi connectivity index (χ0) is 19.3. The van der Waals surface area contributed by atoms with E-state index in [1.54, 1.807) is 7.05 Å². The molecule has 1 unspecified atom stereocenters. The molecule has 4 rings (SSSR count). The van der Waals surface area contributed by atoms with Crippen molar-refractivity contribution >= 4 is 16.9 Å². The van der Waals surface area contributed by atoms with Crippen molar-refractivity contribution in [3.63, 3.8) is 0 Å². The fourth-order valence-corrected chi connectivity index (χ4v) is 4.24. The van der Waals surface area contributed by atoms with Crippen LogP contribution < -0.4 is 0 Å². The molecule has 1 aliphatic carbocycles. The van der Waals surface area contributed by atoms with E-state index in [0.717, 1.165) is 56.0 Å². The Morgan fingerprint density at radius 1 is 1.30 bits per heavy atom. The lowest BCUT2D eigenvalue weighted by molar-refractivity contribution is -0.139. The molecule has 5 nitrogen and oxygen atoms in total. The average Bonchev–Trinajstić information content (AvgIpc) is 3.31. The van der Waals surface area contributed by atoms with Gasteiger partial charge >= 0.3 is 12.1 Å². The number of carboxylic acids is 1. The Labute approximate surface area is 154 Å². The first kappa shape index (κ1) is 18.3. The van der Waals surface area contributed by atoms with E-state index in [1.807, 2.05) is 0 Å². The third-order valence-electron chi connectivity index (χ3n) is 5.91. The minimum atomic E-state index is -4.36. The summed E-state index contributed by atoms with van der Waals surface area (Å²) in [5, 5.41) is 14.3. The number of carboxylic acid groups (broad SMARTS) is 1. The third-order valence-corrected chi connectivity index (χ3v) is 5.91. The number of benzene rings is 1. The van der Waals surface area contributed by atoms with Gasteiger partial charge in [-0.3, -0.25) is 9.48 Å². The molecule has 2 fully saturated rings. The van der Waals surface area contributed by atoms with E-state index in [0.29, 0.717) is 5.52 Å². The molecule has 8 heteroatoms. The smallest absolute Gasteiger partial charge is 0.416 e. The van der Waals surface area contributed by atoms with Crippen molar-refractivity contribution in [3.05, 3.63) is 29.5 Å². The maximum atomic E-state index is 13.0. The number of hydrogen-bond donors (Lipinski definition) is 1. The highest BCUT2D eigenvalue weighted by atomic mass is 19.4. The van der Waals surface area contributed by atoms with Crippen LogP contribution in [0.4, 0.5) is 13.2 Å². The zero-order valence-corrected chi connectivity index (χ0v) is 15.0. The summed E-state index contributed by atoms with van der Waals surface area (Å²) in [4.78, 5) is 13.3. The second-order valence-electron chi connectivity index (χ2n) is 7.75. The Balaban J connectivity index is 1.45. The number of likely N-dealkylation sites (tertiary alicyclic amines) is 1. The molecule has 1 saturated heterocycles. The minimum Gasteiger partial charge on any atom is -0.481 e. The summed E-state index contributed by atoms with van der Waals surface area (Å²) < 4.78 is 40.4. The van der Waals surface area contributed by atoms with Crippen LogP contribution in [0.15, 0.2) is 18.2 Å². The van der Waals surface area contributed by atoms with Gasteiger partial charge in [0.25, 0.3) is 0 Å². The maximum absolute atomic E-state index is 13.0. The van der Waals surface area contributed by atoms with Crippen molar-refractivity contribution < 1.29 is 23.1 Å². The van der Waals surface area contributed by atoms with Gasteiger partial charge < -0.3 is 10.0 Å². The molecular formula is C19H22F3N3O2. The number of halogens is 3. The quantitative estimate of drug-likeness (QED) is 0.881. The number of nitrogens with zero attached hydrogens (tertiary/aromatic N) is 3. The average molecular weight is 381 g/mol. The lowest BCUT2D eigenvalue weighted by atomic mass is 9.91. The monoisotopic (exact) mass is 381 g/mol. The zero-order valence-electron chi connectivity index (χ0n) is 15.0. The van der Waals surface area contributed by atoms with Gasteiger partial charge in [0.05, 0.1) is 22.7 Å². The van der Waals surface area contributed by atoms with Gasteiger partial charge in [-0.15, -0.1) is 0 Å². The molecule has 2 atom stereocenters. The van der Waals surface area contributed by atoms with Crippen LogP contribution in [-0.2, 0) is 18.0 Å². The van der Waals surface area contributed by atoms with Gasteiger partial charge in [-0.05, 0) is 50.4 Å². The maximum Gasteiger partial charge on any atom is 0.416 e. The van der Waals surface area contributed by atoms with E-state index in [1.165, 1.54) is 16.8 Å². The number of alkyl halides is 3. The number of aryl methyl sites for hydroxylation is 1. The largest absolute Gasteiger partial charge is 0.481 e. The minimum absolute atomic E-state index is 0.190. The van der Waals surface area contributed by atoms with Gasteiger partial charge in [0.2, 0.25) is 0 Å². The van der Waals surface area contributed by atoms with Gasteiger partial charge in [0.15, 0.2) is 0 Å². The fourth-order valence-electron chi connectivity index (χ4n) is 4.24. The number of aliphatic carboxylic acids is 1. The first-order chi connectivity index (χ1) is 12.7. The molecule has 146 valence electrons. The second kappa shape index (κ2) is 6.51. The van der Waals surface area contributed by atoms with Crippen molar-refractivity contribution in [2.24, 2.45) is 18.9 Å². The number of aromatic nitrogens is 2.